The standard InChI is InChI=1S/C12H12N2O2S/c1-14-11(9(5-13-14)7-2-3-7)8-4-10(12(15)16)17-6-8/h4-7H,2-3H2,1H3,(H,15,16). The van der Waals surface area contributed by atoms with Gasteiger partial charge in [0.25, 0.3) is 0 Å². The van der Waals surface area contributed by atoms with E-state index in [4.69, 9.17) is 5.11 Å². The van der Waals surface area contributed by atoms with Gasteiger partial charge in [-0.05, 0) is 24.8 Å². The van der Waals surface area contributed by atoms with Crippen molar-refractivity contribution in [1.29, 1.82) is 0 Å². The van der Waals surface area contributed by atoms with E-state index in [2.05, 4.69) is 5.10 Å². The molecule has 0 amide bonds. The number of hydrogen-bond acceptors (Lipinski definition) is 3. The second-order valence-electron chi connectivity index (χ2n) is 4.35. The van der Waals surface area contributed by atoms with Crippen molar-refractivity contribution in [3.8, 4) is 11.3 Å². The molecule has 4 nitrogen and oxygen atoms in total. The van der Waals surface area contributed by atoms with Crippen molar-refractivity contribution in [2.75, 3.05) is 0 Å². The average molecular weight is 248 g/mol. The predicted octanol–water partition coefficient (Wildman–Crippen LogP) is 2.72. The minimum atomic E-state index is -0.864. The topological polar surface area (TPSA) is 55.1 Å². The summed E-state index contributed by atoms with van der Waals surface area (Å²) in [6, 6.07) is 1.73. The minimum absolute atomic E-state index is 0.378. The molecule has 1 N–H and O–H groups in total. The quantitative estimate of drug-likeness (QED) is 0.908. The van der Waals surface area contributed by atoms with E-state index in [-0.39, 0.29) is 0 Å². The average Bonchev–Trinajstić information content (AvgIpc) is 2.88. The number of carboxylic acids is 1. The Labute approximate surface area is 103 Å². The van der Waals surface area contributed by atoms with E-state index in [0.29, 0.717) is 10.8 Å². The molecule has 0 aliphatic heterocycles. The number of rotatable bonds is 3. The van der Waals surface area contributed by atoms with Crippen molar-refractivity contribution in [1.82, 2.24) is 9.78 Å². The summed E-state index contributed by atoms with van der Waals surface area (Å²) < 4.78 is 1.83. The van der Waals surface area contributed by atoms with Gasteiger partial charge in [0.15, 0.2) is 0 Å². The molecule has 0 atom stereocenters. The monoisotopic (exact) mass is 248 g/mol. The summed E-state index contributed by atoms with van der Waals surface area (Å²) >= 11 is 1.26. The summed E-state index contributed by atoms with van der Waals surface area (Å²) in [4.78, 5) is 11.3. The molecular weight excluding hydrogens is 236 g/mol. The first kappa shape index (κ1) is 10.5. The van der Waals surface area contributed by atoms with Crippen molar-refractivity contribution in [3.63, 3.8) is 0 Å². The Morgan fingerprint density at radius 3 is 2.94 bits per heavy atom. The summed E-state index contributed by atoms with van der Waals surface area (Å²) in [5, 5.41) is 15.1. The molecule has 1 aliphatic rings. The van der Waals surface area contributed by atoms with Crippen LogP contribution in [0, 0.1) is 0 Å². The molecule has 17 heavy (non-hydrogen) atoms. The van der Waals surface area contributed by atoms with Crippen molar-refractivity contribution >= 4 is 17.3 Å². The summed E-state index contributed by atoms with van der Waals surface area (Å²) in [6.45, 7) is 0. The largest absolute Gasteiger partial charge is 0.477 e. The Morgan fingerprint density at radius 1 is 1.59 bits per heavy atom. The second kappa shape index (κ2) is 3.70. The van der Waals surface area contributed by atoms with Crippen LogP contribution in [0.5, 0.6) is 0 Å². The molecule has 0 saturated heterocycles. The van der Waals surface area contributed by atoms with E-state index in [1.54, 1.807) is 6.07 Å². The number of aromatic carboxylic acids is 1. The lowest BCUT2D eigenvalue weighted by Gasteiger charge is -2.02. The molecule has 2 aromatic rings. The normalized spacial score (nSPS) is 15.1. The van der Waals surface area contributed by atoms with Crippen LogP contribution in [0.25, 0.3) is 11.3 Å². The number of nitrogens with zero attached hydrogens (tertiary/aromatic N) is 2. The van der Waals surface area contributed by atoms with Crippen LogP contribution >= 0.6 is 11.3 Å². The van der Waals surface area contributed by atoms with Crippen LogP contribution in [-0.2, 0) is 7.05 Å². The van der Waals surface area contributed by atoms with E-state index in [0.717, 1.165) is 11.3 Å². The fourth-order valence-corrected chi connectivity index (χ4v) is 2.80. The number of carbonyl (C=O) groups is 1. The summed E-state index contributed by atoms with van der Waals surface area (Å²) in [5.74, 6) is -0.247. The zero-order chi connectivity index (χ0) is 12.0. The fourth-order valence-electron chi connectivity index (χ4n) is 2.07. The van der Waals surface area contributed by atoms with Gasteiger partial charge in [-0.1, -0.05) is 0 Å². The van der Waals surface area contributed by atoms with Gasteiger partial charge in [0, 0.05) is 23.6 Å². The van der Waals surface area contributed by atoms with Crippen LogP contribution in [0.15, 0.2) is 17.6 Å². The number of aryl methyl sites for hydroxylation is 1. The van der Waals surface area contributed by atoms with Crippen LogP contribution in [0.3, 0.4) is 0 Å². The molecule has 2 heterocycles. The van der Waals surface area contributed by atoms with Crippen molar-refractivity contribution in [2.45, 2.75) is 18.8 Å². The van der Waals surface area contributed by atoms with Gasteiger partial charge < -0.3 is 5.11 Å². The van der Waals surface area contributed by atoms with E-state index in [1.807, 2.05) is 23.3 Å². The van der Waals surface area contributed by atoms with Gasteiger partial charge in [-0.15, -0.1) is 11.3 Å². The third-order valence-corrected chi connectivity index (χ3v) is 3.99. The van der Waals surface area contributed by atoms with Gasteiger partial charge in [0.2, 0.25) is 0 Å². The summed E-state index contributed by atoms with van der Waals surface area (Å²) in [7, 11) is 1.90. The van der Waals surface area contributed by atoms with E-state index in [9.17, 15) is 4.79 Å². The Balaban J connectivity index is 2.07. The molecule has 2 aromatic heterocycles. The smallest absolute Gasteiger partial charge is 0.345 e. The Bertz CT molecular complexity index is 581. The lowest BCUT2D eigenvalue weighted by Crippen LogP contribution is -1.95. The van der Waals surface area contributed by atoms with Crippen LogP contribution in [0.1, 0.15) is 34.0 Å². The molecule has 0 aromatic carbocycles. The Hall–Kier alpha value is -1.62. The number of hydrogen-bond donors (Lipinski definition) is 1. The first-order valence-electron chi connectivity index (χ1n) is 5.51. The maximum atomic E-state index is 10.9. The van der Waals surface area contributed by atoms with Crippen molar-refractivity contribution < 1.29 is 9.90 Å². The molecule has 5 heteroatoms. The van der Waals surface area contributed by atoms with Crippen LogP contribution in [0.2, 0.25) is 0 Å². The van der Waals surface area contributed by atoms with E-state index in [1.165, 1.54) is 29.7 Å². The highest BCUT2D eigenvalue weighted by molar-refractivity contribution is 7.12. The highest BCUT2D eigenvalue weighted by atomic mass is 32.1. The fraction of sp³-hybridized carbons (Fsp3) is 0.333. The Kier molecular flexibility index (Phi) is 2.29. The molecule has 3 rings (SSSR count). The summed E-state index contributed by atoms with van der Waals surface area (Å²) in [6.07, 6.45) is 4.34. The minimum Gasteiger partial charge on any atom is -0.477 e. The molecule has 1 fully saturated rings. The van der Waals surface area contributed by atoms with Crippen molar-refractivity contribution in [2.24, 2.45) is 7.05 Å². The van der Waals surface area contributed by atoms with Gasteiger partial charge in [0.1, 0.15) is 4.88 Å². The SMILES string of the molecule is Cn1ncc(C2CC2)c1-c1csc(C(=O)O)c1. The number of carboxylic acid groups (broad SMARTS) is 1. The zero-order valence-corrected chi connectivity index (χ0v) is 10.2. The van der Waals surface area contributed by atoms with Gasteiger partial charge >= 0.3 is 5.97 Å². The third kappa shape index (κ3) is 1.76. The Morgan fingerprint density at radius 2 is 2.35 bits per heavy atom. The molecule has 0 radical (unpaired) electrons. The van der Waals surface area contributed by atoms with E-state index >= 15 is 0 Å². The first-order valence-corrected chi connectivity index (χ1v) is 6.39. The van der Waals surface area contributed by atoms with E-state index < -0.39 is 5.97 Å². The molecule has 1 saturated carbocycles. The van der Waals surface area contributed by atoms with Crippen LogP contribution in [0.4, 0.5) is 0 Å². The van der Waals surface area contributed by atoms with Crippen molar-refractivity contribution in [3.05, 3.63) is 28.1 Å². The summed E-state index contributed by atoms with van der Waals surface area (Å²) in [5.41, 5.74) is 3.28. The zero-order valence-electron chi connectivity index (χ0n) is 9.38. The highest BCUT2D eigenvalue weighted by Gasteiger charge is 2.29. The molecule has 1 aliphatic carbocycles. The van der Waals surface area contributed by atoms with Gasteiger partial charge in [0.05, 0.1) is 11.9 Å². The van der Waals surface area contributed by atoms with Crippen LogP contribution < -0.4 is 0 Å². The van der Waals surface area contributed by atoms with Gasteiger partial charge in [-0.25, -0.2) is 4.79 Å². The maximum absolute atomic E-state index is 10.9. The van der Waals surface area contributed by atoms with Crippen LogP contribution in [-0.4, -0.2) is 20.9 Å². The maximum Gasteiger partial charge on any atom is 0.345 e. The van der Waals surface area contributed by atoms with Gasteiger partial charge in [-0.2, -0.15) is 5.10 Å². The first-order chi connectivity index (χ1) is 8.16. The molecular formula is C12H12N2O2S. The molecule has 0 bridgehead atoms. The second-order valence-corrected chi connectivity index (χ2v) is 5.26. The lowest BCUT2D eigenvalue weighted by molar-refractivity contribution is 0.0702. The highest BCUT2D eigenvalue weighted by Crippen LogP contribution is 2.44. The predicted molar refractivity (Wildman–Crippen MR) is 65.5 cm³/mol. The third-order valence-electron chi connectivity index (χ3n) is 3.07. The van der Waals surface area contributed by atoms with Gasteiger partial charge in [-0.3, -0.25) is 4.68 Å². The lowest BCUT2D eigenvalue weighted by atomic mass is 10.1. The number of aromatic nitrogens is 2. The molecule has 0 spiro atoms. The molecule has 0 unspecified atom stereocenters. The number of thiophene rings is 1. The molecule has 88 valence electrons.